The van der Waals surface area contributed by atoms with E-state index in [2.05, 4.69) is 4.90 Å². The Morgan fingerprint density at radius 1 is 1.39 bits per heavy atom. The average molecular weight is 251 g/mol. The summed E-state index contributed by atoms with van der Waals surface area (Å²) in [6.07, 6.45) is 0. The second kappa shape index (κ2) is 5.90. The minimum absolute atomic E-state index is 0.114. The molecular weight excluding hydrogens is 234 g/mol. The van der Waals surface area contributed by atoms with E-state index in [4.69, 9.17) is 10.5 Å². The second-order valence-corrected chi connectivity index (χ2v) is 4.26. The zero-order chi connectivity index (χ0) is 13.0. The van der Waals surface area contributed by atoms with Crippen LogP contribution in [0, 0.1) is 10.1 Å². The van der Waals surface area contributed by atoms with E-state index < -0.39 is 0 Å². The normalized spacial score (nSPS) is 16.7. The molecule has 18 heavy (non-hydrogen) atoms. The zero-order valence-corrected chi connectivity index (χ0v) is 10.2. The smallest absolute Gasteiger partial charge is 0.274 e. The lowest BCUT2D eigenvalue weighted by Crippen LogP contribution is -2.36. The summed E-state index contributed by atoms with van der Waals surface area (Å²) >= 11 is 0. The molecule has 0 radical (unpaired) electrons. The third kappa shape index (κ3) is 2.84. The zero-order valence-electron chi connectivity index (χ0n) is 10.2. The van der Waals surface area contributed by atoms with Crippen LogP contribution < -0.4 is 5.73 Å². The van der Waals surface area contributed by atoms with Gasteiger partial charge in [0.15, 0.2) is 0 Å². The number of hydrogen-bond donors (Lipinski definition) is 1. The number of rotatable bonds is 4. The van der Waals surface area contributed by atoms with Crippen LogP contribution in [0.5, 0.6) is 0 Å². The molecule has 0 bridgehead atoms. The first kappa shape index (κ1) is 12.9. The van der Waals surface area contributed by atoms with E-state index in [9.17, 15) is 10.1 Å². The molecule has 1 aromatic rings. The van der Waals surface area contributed by atoms with Crippen LogP contribution in [0.15, 0.2) is 18.2 Å². The quantitative estimate of drug-likeness (QED) is 0.634. The van der Waals surface area contributed by atoms with Gasteiger partial charge in [-0.15, -0.1) is 0 Å². The molecule has 0 saturated carbocycles. The Morgan fingerprint density at radius 2 is 2.11 bits per heavy atom. The average Bonchev–Trinajstić information content (AvgIpc) is 2.39. The fourth-order valence-corrected chi connectivity index (χ4v) is 2.18. The highest BCUT2D eigenvalue weighted by molar-refractivity contribution is 5.45. The second-order valence-electron chi connectivity index (χ2n) is 4.26. The van der Waals surface area contributed by atoms with Gasteiger partial charge in [-0.2, -0.15) is 0 Å². The van der Waals surface area contributed by atoms with Crippen molar-refractivity contribution in [3.05, 3.63) is 39.4 Å². The van der Waals surface area contributed by atoms with Gasteiger partial charge in [0.05, 0.1) is 18.1 Å². The predicted molar refractivity (Wildman–Crippen MR) is 67.1 cm³/mol. The Balaban J connectivity index is 2.20. The first-order valence-electron chi connectivity index (χ1n) is 5.97. The van der Waals surface area contributed by atoms with Gasteiger partial charge in [0.2, 0.25) is 0 Å². The van der Waals surface area contributed by atoms with E-state index in [1.54, 1.807) is 6.07 Å². The summed E-state index contributed by atoms with van der Waals surface area (Å²) in [4.78, 5) is 12.8. The van der Waals surface area contributed by atoms with Crippen molar-refractivity contribution < 1.29 is 9.66 Å². The van der Waals surface area contributed by atoms with Crippen LogP contribution in [-0.2, 0) is 17.8 Å². The lowest BCUT2D eigenvalue weighted by molar-refractivity contribution is -0.385. The number of ether oxygens (including phenoxy) is 1. The molecule has 0 atom stereocenters. The Morgan fingerprint density at radius 3 is 2.72 bits per heavy atom. The summed E-state index contributed by atoms with van der Waals surface area (Å²) < 4.78 is 5.28. The summed E-state index contributed by atoms with van der Waals surface area (Å²) in [5.74, 6) is 0. The Hall–Kier alpha value is -1.50. The van der Waals surface area contributed by atoms with Gasteiger partial charge < -0.3 is 10.5 Å². The summed E-state index contributed by atoms with van der Waals surface area (Å²) in [6.45, 7) is 4.02. The maximum absolute atomic E-state index is 10.9. The largest absolute Gasteiger partial charge is 0.379 e. The summed E-state index contributed by atoms with van der Waals surface area (Å²) in [5.41, 5.74) is 7.33. The van der Waals surface area contributed by atoms with Crippen LogP contribution >= 0.6 is 0 Å². The molecule has 6 heteroatoms. The van der Waals surface area contributed by atoms with Crippen molar-refractivity contribution in [2.45, 2.75) is 13.1 Å². The maximum atomic E-state index is 10.9. The Bertz CT molecular complexity index is 431. The standard InChI is InChI=1S/C12H17N3O3/c13-8-11-10(2-1-3-12(11)15(16)17)9-14-4-6-18-7-5-14/h1-3H,4-9,13H2. The highest BCUT2D eigenvalue weighted by Crippen LogP contribution is 2.23. The molecule has 0 spiro atoms. The van der Waals surface area contributed by atoms with Crippen LogP contribution in [0.25, 0.3) is 0 Å². The van der Waals surface area contributed by atoms with Crippen molar-refractivity contribution in [1.29, 1.82) is 0 Å². The molecule has 1 aliphatic heterocycles. The summed E-state index contributed by atoms with van der Waals surface area (Å²) in [7, 11) is 0. The van der Waals surface area contributed by atoms with Crippen molar-refractivity contribution in [1.82, 2.24) is 4.90 Å². The van der Waals surface area contributed by atoms with Crippen molar-refractivity contribution in [3.63, 3.8) is 0 Å². The number of hydrogen-bond acceptors (Lipinski definition) is 5. The SMILES string of the molecule is NCc1c(CN2CCOCC2)cccc1[N+](=O)[O-]. The van der Waals surface area contributed by atoms with E-state index >= 15 is 0 Å². The van der Waals surface area contributed by atoms with Crippen molar-refractivity contribution in [2.75, 3.05) is 26.3 Å². The molecule has 0 amide bonds. The third-order valence-corrected chi connectivity index (χ3v) is 3.15. The fraction of sp³-hybridized carbons (Fsp3) is 0.500. The minimum Gasteiger partial charge on any atom is -0.379 e. The molecule has 0 unspecified atom stereocenters. The van der Waals surface area contributed by atoms with Crippen LogP contribution in [0.2, 0.25) is 0 Å². The van der Waals surface area contributed by atoms with Crippen molar-refractivity contribution in [3.8, 4) is 0 Å². The molecule has 2 rings (SSSR count). The highest BCUT2D eigenvalue weighted by Gasteiger charge is 2.18. The molecule has 1 aliphatic rings. The first-order chi connectivity index (χ1) is 8.72. The number of benzene rings is 1. The van der Waals surface area contributed by atoms with Crippen molar-refractivity contribution in [2.24, 2.45) is 5.73 Å². The molecule has 0 aromatic heterocycles. The van der Waals surface area contributed by atoms with Gasteiger partial charge in [0.25, 0.3) is 5.69 Å². The van der Waals surface area contributed by atoms with E-state index in [1.165, 1.54) is 6.07 Å². The van der Waals surface area contributed by atoms with Gasteiger partial charge in [0, 0.05) is 37.8 Å². The van der Waals surface area contributed by atoms with Crippen LogP contribution in [0.3, 0.4) is 0 Å². The van der Waals surface area contributed by atoms with E-state index in [0.717, 1.165) is 18.7 Å². The monoisotopic (exact) mass is 251 g/mol. The van der Waals surface area contributed by atoms with E-state index in [0.29, 0.717) is 25.3 Å². The fourth-order valence-electron chi connectivity index (χ4n) is 2.18. The molecule has 1 heterocycles. The van der Waals surface area contributed by atoms with Gasteiger partial charge in [-0.3, -0.25) is 15.0 Å². The minimum atomic E-state index is -0.370. The number of nitro benzene ring substituents is 1. The van der Waals surface area contributed by atoms with Crippen molar-refractivity contribution >= 4 is 5.69 Å². The number of nitrogens with two attached hydrogens (primary N) is 1. The number of nitrogens with zero attached hydrogens (tertiary/aromatic N) is 2. The Kier molecular flexibility index (Phi) is 4.24. The predicted octanol–water partition coefficient (Wildman–Crippen LogP) is 0.886. The van der Waals surface area contributed by atoms with E-state index in [-0.39, 0.29) is 17.2 Å². The molecule has 98 valence electrons. The molecule has 1 saturated heterocycles. The van der Waals surface area contributed by atoms with Crippen LogP contribution in [-0.4, -0.2) is 36.1 Å². The Labute approximate surface area is 105 Å². The molecule has 0 aliphatic carbocycles. The molecule has 2 N–H and O–H groups in total. The van der Waals surface area contributed by atoms with Gasteiger partial charge in [0.1, 0.15) is 0 Å². The number of nitro groups is 1. The summed E-state index contributed by atoms with van der Waals surface area (Å²) in [5, 5.41) is 10.9. The molecule has 1 aromatic carbocycles. The van der Waals surface area contributed by atoms with E-state index in [1.807, 2.05) is 6.07 Å². The van der Waals surface area contributed by atoms with Gasteiger partial charge in [-0.1, -0.05) is 12.1 Å². The van der Waals surface area contributed by atoms with Crippen LogP contribution in [0.4, 0.5) is 5.69 Å². The first-order valence-corrected chi connectivity index (χ1v) is 5.97. The molecule has 6 nitrogen and oxygen atoms in total. The third-order valence-electron chi connectivity index (χ3n) is 3.15. The lowest BCUT2D eigenvalue weighted by Gasteiger charge is -2.27. The lowest BCUT2D eigenvalue weighted by atomic mass is 10.0. The van der Waals surface area contributed by atoms with Crippen LogP contribution in [0.1, 0.15) is 11.1 Å². The topological polar surface area (TPSA) is 81.6 Å². The summed E-state index contributed by atoms with van der Waals surface area (Å²) in [6, 6.07) is 5.13. The molecule has 1 fully saturated rings. The van der Waals surface area contributed by atoms with Gasteiger partial charge in [-0.25, -0.2) is 0 Å². The maximum Gasteiger partial charge on any atom is 0.274 e. The molecular formula is C12H17N3O3. The van der Waals surface area contributed by atoms with Gasteiger partial charge >= 0.3 is 0 Å². The highest BCUT2D eigenvalue weighted by atomic mass is 16.6. The van der Waals surface area contributed by atoms with Gasteiger partial charge in [-0.05, 0) is 5.56 Å². The number of morpholine rings is 1.